The van der Waals surface area contributed by atoms with Crippen LogP contribution in [0.25, 0.3) is 0 Å². The fourth-order valence-electron chi connectivity index (χ4n) is 3.48. The third-order valence-electron chi connectivity index (χ3n) is 5.12. The molecule has 0 bridgehead atoms. The summed E-state index contributed by atoms with van der Waals surface area (Å²) in [6.45, 7) is 3.72. The maximum absolute atomic E-state index is 10.1. The van der Waals surface area contributed by atoms with Crippen molar-refractivity contribution in [2.24, 2.45) is 10.1 Å². The maximum atomic E-state index is 10.1. The first kappa shape index (κ1) is 18.5. The van der Waals surface area contributed by atoms with E-state index in [0.29, 0.717) is 11.1 Å². The summed E-state index contributed by atoms with van der Waals surface area (Å²) in [7, 11) is 0. The maximum Gasteiger partial charge on any atom is 0.206 e. The second-order valence-corrected chi connectivity index (χ2v) is 8.04. The van der Waals surface area contributed by atoms with Crippen molar-refractivity contribution in [2.45, 2.75) is 39.2 Å². The molecule has 0 fully saturated rings. The quantitative estimate of drug-likeness (QED) is 0.523. The first-order valence-corrected chi connectivity index (χ1v) is 10.2. The molecule has 144 valence electrons. The van der Waals surface area contributed by atoms with Crippen LogP contribution in [0, 0.1) is 13.8 Å². The van der Waals surface area contributed by atoms with E-state index in [1.54, 1.807) is 29.2 Å². The van der Waals surface area contributed by atoms with Gasteiger partial charge >= 0.3 is 0 Å². The lowest BCUT2D eigenvalue weighted by Gasteiger charge is -2.21. The molecule has 0 radical (unpaired) electrons. The zero-order valence-corrected chi connectivity index (χ0v) is 16.8. The van der Waals surface area contributed by atoms with Gasteiger partial charge in [-0.15, -0.1) is 11.3 Å². The van der Waals surface area contributed by atoms with E-state index >= 15 is 0 Å². The lowest BCUT2D eigenvalue weighted by molar-refractivity contribution is 0.456. The number of aromatic nitrogens is 1. The van der Waals surface area contributed by atoms with Crippen LogP contribution in [0.15, 0.2) is 51.9 Å². The summed E-state index contributed by atoms with van der Waals surface area (Å²) in [5.41, 5.74) is 4.89. The van der Waals surface area contributed by atoms with E-state index < -0.39 is 0 Å². The average molecular weight is 394 g/mol. The topological polar surface area (TPSA) is 70.1 Å². The number of rotatable bonds is 3. The first-order valence-electron chi connectivity index (χ1n) is 9.36. The van der Waals surface area contributed by atoms with Gasteiger partial charge in [0.05, 0.1) is 18.0 Å². The normalized spacial score (nSPS) is 17.2. The Hall–Kier alpha value is -2.86. The molecule has 1 aliphatic rings. The van der Waals surface area contributed by atoms with Gasteiger partial charge in [-0.3, -0.25) is 4.99 Å². The number of nitrogens with zero attached hydrogens (tertiary/aromatic N) is 3. The predicted molar refractivity (Wildman–Crippen MR) is 112 cm³/mol. The summed E-state index contributed by atoms with van der Waals surface area (Å²) in [5, 5.41) is 26.5. The second kappa shape index (κ2) is 7.64. The smallest absolute Gasteiger partial charge is 0.206 e. The molecule has 3 aromatic rings. The van der Waals surface area contributed by atoms with E-state index in [0.717, 1.165) is 29.8 Å². The summed E-state index contributed by atoms with van der Waals surface area (Å²) >= 11 is 1.57. The monoisotopic (exact) mass is 393 g/mol. The van der Waals surface area contributed by atoms with Gasteiger partial charge in [-0.05, 0) is 61.9 Å². The highest BCUT2D eigenvalue weighted by Crippen LogP contribution is 2.25. The summed E-state index contributed by atoms with van der Waals surface area (Å²) in [6.07, 6.45) is 4.59. The Morgan fingerprint density at radius 2 is 1.89 bits per heavy atom. The van der Waals surface area contributed by atoms with Crippen LogP contribution < -0.4 is 4.80 Å². The van der Waals surface area contributed by atoms with Gasteiger partial charge < -0.3 is 10.2 Å². The lowest BCUT2D eigenvalue weighted by Crippen LogP contribution is -2.22. The molecule has 0 aliphatic heterocycles. The van der Waals surface area contributed by atoms with Crippen LogP contribution in [-0.2, 0) is 12.8 Å². The Balaban J connectivity index is 1.63. The van der Waals surface area contributed by atoms with Crippen molar-refractivity contribution >= 4 is 17.6 Å². The second-order valence-electron chi connectivity index (χ2n) is 7.21. The van der Waals surface area contributed by atoms with Crippen LogP contribution in [0.5, 0.6) is 11.5 Å². The number of fused-ring (bicyclic) bond motifs is 1. The lowest BCUT2D eigenvalue weighted by atomic mass is 9.89. The number of benzene rings is 2. The molecular formula is C22H23N3O2S. The molecule has 0 amide bonds. The van der Waals surface area contributed by atoms with E-state index in [2.05, 4.69) is 29.4 Å². The van der Waals surface area contributed by atoms with Crippen molar-refractivity contribution in [3.63, 3.8) is 0 Å². The highest BCUT2D eigenvalue weighted by molar-refractivity contribution is 7.07. The molecule has 4 rings (SSSR count). The van der Waals surface area contributed by atoms with Crippen molar-refractivity contribution in [1.29, 1.82) is 0 Å². The van der Waals surface area contributed by atoms with E-state index in [1.807, 2.05) is 12.3 Å². The minimum absolute atomic E-state index is 0.0925. The molecule has 2 N–H and O–H groups in total. The number of phenolic OH excluding ortho intramolecular Hbond substituents is 2. The molecule has 0 saturated carbocycles. The van der Waals surface area contributed by atoms with Crippen LogP contribution in [0.1, 0.15) is 34.4 Å². The standard InChI is InChI=1S/C22H23N3O2S/c1-14-9-21(27)18(11-20(14)26)12-23-25-15(2)13-28-22(25)24-19-8-7-16-5-3-4-6-17(16)10-19/h3-6,9,11-13,19,26-27H,7-8,10H2,1-2H3/b23-12+,24-22-. The zero-order chi connectivity index (χ0) is 19.7. The molecular weight excluding hydrogens is 370 g/mol. The Morgan fingerprint density at radius 3 is 2.71 bits per heavy atom. The third kappa shape index (κ3) is 3.73. The predicted octanol–water partition coefficient (Wildman–Crippen LogP) is 3.92. The molecule has 1 aliphatic carbocycles. The van der Waals surface area contributed by atoms with Crippen molar-refractivity contribution < 1.29 is 10.2 Å². The molecule has 1 aromatic heterocycles. The highest BCUT2D eigenvalue weighted by atomic mass is 32.1. The van der Waals surface area contributed by atoms with E-state index in [1.165, 1.54) is 23.3 Å². The fourth-order valence-corrected chi connectivity index (χ4v) is 4.36. The van der Waals surface area contributed by atoms with E-state index in [-0.39, 0.29) is 17.5 Å². The Morgan fingerprint density at radius 1 is 1.11 bits per heavy atom. The van der Waals surface area contributed by atoms with Crippen LogP contribution in [0.3, 0.4) is 0 Å². The number of hydrogen-bond donors (Lipinski definition) is 2. The average Bonchev–Trinajstić information content (AvgIpc) is 3.03. The van der Waals surface area contributed by atoms with Crippen molar-refractivity contribution in [1.82, 2.24) is 4.68 Å². The van der Waals surface area contributed by atoms with Crippen LogP contribution in [0.4, 0.5) is 0 Å². The SMILES string of the molecule is Cc1cc(O)c(/C=N/n2c(C)cs/c2=N\C2CCc3ccccc3C2)cc1O. The van der Waals surface area contributed by atoms with Gasteiger partial charge in [0.15, 0.2) is 0 Å². The number of phenols is 2. The van der Waals surface area contributed by atoms with Crippen LogP contribution in [0.2, 0.25) is 0 Å². The Kier molecular flexibility index (Phi) is 5.05. The molecule has 5 nitrogen and oxygen atoms in total. The van der Waals surface area contributed by atoms with E-state index in [9.17, 15) is 10.2 Å². The first-order chi connectivity index (χ1) is 13.5. The fraction of sp³-hybridized carbons (Fsp3) is 0.273. The van der Waals surface area contributed by atoms with Gasteiger partial charge in [0.2, 0.25) is 4.80 Å². The van der Waals surface area contributed by atoms with Crippen LogP contribution in [-0.4, -0.2) is 27.1 Å². The summed E-state index contributed by atoms with van der Waals surface area (Å²) in [5.74, 6) is 0.229. The molecule has 1 unspecified atom stereocenters. The van der Waals surface area contributed by atoms with Gasteiger partial charge in [0, 0.05) is 10.9 Å². The van der Waals surface area contributed by atoms with Gasteiger partial charge in [-0.25, -0.2) is 4.68 Å². The minimum Gasteiger partial charge on any atom is -0.508 e. The Labute approximate surface area is 168 Å². The van der Waals surface area contributed by atoms with E-state index in [4.69, 9.17) is 4.99 Å². The number of aryl methyl sites for hydroxylation is 3. The molecule has 0 spiro atoms. The van der Waals surface area contributed by atoms with Gasteiger partial charge in [0.1, 0.15) is 11.5 Å². The molecule has 1 atom stereocenters. The number of thiazole rings is 1. The van der Waals surface area contributed by atoms with Gasteiger partial charge in [-0.2, -0.15) is 5.10 Å². The van der Waals surface area contributed by atoms with Crippen LogP contribution >= 0.6 is 11.3 Å². The molecule has 28 heavy (non-hydrogen) atoms. The summed E-state index contributed by atoms with van der Waals surface area (Å²) in [6, 6.07) is 11.9. The summed E-state index contributed by atoms with van der Waals surface area (Å²) < 4.78 is 1.79. The Bertz CT molecular complexity index is 1110. The summed E-state index contributed by atoms with van der Waals surface area (Å²) in [4.78, 5) is 5.80. The number of hydrogen-bond acceptors (Lipinski definition) is 5. The van der Waals surface area contributed by atoms with Gasteiger partial charge in [0.25, 0.3) is 0 Å². The third-order valence-corrected chi connectivity index (χ3v) is 6.07. The van der Waals surface area contributed by atoms with Crippen molar-refractivity contribution in [3.8, 4) is 11.5 Å². The minimum atomic E-state index is 0.0925. The molecule has 0 saturated heterocycles. The number of aromatic hydroxyl groups is 2. The largest absolute Gasteiger partial charge is 0.508 e. The molecule has 2 aromatic carbocycles. The van der Waals surface area contributed by atoms with Crippen molar-refractivity contribution in [2.75, 3.05) is 0 Å². The van der Waals surface area contributed by atoms with Crippen molar-refractivity contribution in [3.05, 3.63) is 74.5 Å². The molecule has 1 heterocycles. The van der Waals surface area contributed by atoms with Gasteiger partial charge in [-0.1, -0.05) is 24.3 Å². The highest BCUT2D eigenvalue weighted by Gasteiger charge is 2.17. The molecule has 6 heteroatoms. The zero-order valence-electron chi connectivity index (χ0n) is 16.0.